The van der Waals surface area contributed by atoms with E-state index in [0.29, 0.717) is 17.1 Å². The van der Waals surface area contributed by atoms with Gasteiger partial charge in [0.05, 0.1) is 5.69 Å². The number of aromatic nitrogens is 2. The zero-order chi connectivity index (χ0) is 17.4. The van der Waals surface area contributed by atoms with Gasteiger partial charge >= 0.3 is 0 Å². The summed E-state index contributed by atoms with van der Waals surface area (Å²) in [6.45, 7) is 6.33. The third-order valence-corrected chi connectivity index (χ3v) is 4.79. The Kier molecular flexibility index (Phi) is 4.09. The van der Waals surface area contributed by atoms with Crippen molar-refractivity contribution < 1.29 is 14.3 Å². The van der Waals surface area contributed by atoms with E-state index in [-0.39, 0.29) is 12.7 Å². The summed E-state index contributed by atoms with van der Waals surface area (Å²) in [7, 11) is 1.94. The normalized spacial score (nSPS) is 17.1. The van der Waals surface area contributed by atoms with E-state index >= 15 is 0 Å². The number of hydrogen-bond acceptors (Lipinski definition) is 5. The lowest BCUT2D eigenvalue weighted by Crippen LogP contribution is -2.48. The summed E-state index contributed by atoms with van der Waals surface area (Å²) in [6.07, 6.45) is 2.07. The van der Waals surface area contributed by atoms with Crippen LogP contribution in [-0.2, 0) is 13.6 Å². The first kappa shape index (κ1) is 16.0. The topological polar surface area (TPSA) is 59.8 Å². The fourth-order valence-electron chi connectivity index (χ4n) is 3.37. The quantitative estimate of drug-likeness (QED) is 0.844. The predicted octanol–water partition coefficient (Wildman–Crippen LogP) is 1.42. The van der Waals surface area contributed by atoms with Gasteiger partial charge in [-0.05, 0) is 25.1 Å². The van der Waals surface area contributed by atoms with Crippen molar-refractivity contribution >= 4 is 5.91 Å². The number of carbonyl (C=O) groups is 1. The van der Waals surface area contributed by atoms with Crippen LogP contribution in [0.15, 0.2) is 24.4 Å². The molecular weight excluding hydrogens is 320 g/mol. The maximum atomic E-state index is 12.7. The Hall–Kier alpha value is -2.54. The van der Waals surface area contributed by atoms with E-state index in [9.17, 15) is 4.79 Å². The van der Waals surface area contributed by atoms with Crippen molar-refractivity contribution in [2.75, 3.05) is 33.0 Å². The summed E-state index contributed by atoms with van der Waals surface area (Å²) in [4.78, 5) is 17.0. The fourth-order valence-corrected chi connectivity index (χ4v) is 3.37. The fraction of sp³-hybridized carbons (Fsp3) is 0.444. The van der Waals surface area contributed by atoms with Crippen LogP contribution >= 0.6 is 0 Å². The largest absolute Gasteiger partial charge is 0.454 e. The van der Waals surface area contributed by atoms with E-state index in [1.807, 2.05) is 23.6 Å². The number of piperazine rings is 1. The highest BCUT2D eigenvalue weighted by Crippen LogP contribution is 2.32. The second-order valence-electron chi connectivity index (χ2n) is 6.55. The molecule has 0 atom stereocenters. The lowest BCUT2D eigenvalue weighted by molar-refractivity contribution is 0.0628. The van der Waals surface area contributed by atoms with Gasteiger partial charge in [-0.1, -0.05) is 0 Å². The number of ether oxygens (including phenoxy) is 2. The molecule has 1 aromatic carbocycles. The molecule has 0 radical (unpaired) electrons. The Bertz CT molecular complexity index is 794. The zero-order valence-corrected chi connectivity index (χ0v) is 14.6. The Morgan fingerprint density at radius 1 is 1.16 bits per heavy atom. The Morgan fingerprint density at radius 2 is 1.92 bits per heavy atom. The van der Waals surface area contributed by atoms with Gasteiger partial charge in [0, 0.05) is 57.1 Å². The first-order chi connectivity index (χ1) is 12.1. The van der Waals surface area contributed by atoms with Crippen LogP contribution in [0.2, 0.25) is 0 Å². The average Bonchev–Trinajstić information content (AvgIpc) is 3.20. The van der Waals surface area contributed by atoms with Crippen molar-refractivity contribution in [2.24, 2.45) is 7.05 Å². The minimum atomic E-state index is 0.0514. The predicted molar refractivity (Wildman–Crippen MR) is 91.7 cm³/mol. The molecule has 2 aliphatic heterocycles. The van der Waals surface area contributed by atoms with Crippen molar-refractivity contribution in [3.8, 4) is 11.5 Å². The van der Waals surface area contributed by atoms with Crippen LogP contribution in [0.3, 0.4) is 0 Å². The third kappa shape index (κ3) is 3.19. The zero-order valence-electron chi connectivity index (χ0n) is 14.6. The number of hydrogen-bond donors (Lipinski definition) is 0. The van der Waals surface area contributed by atoms with Gasteiger partial charge in [-0.25, -0.2) is 0 Å². The molecular formula is C18H22N4O3. The van der Waals surface area contributed by atoms with Gasteiger partial charge in [0.1, 0.15) is 0 Å². The molecule has 7 heteroatoms. The molecule has 3 heterocycles. The number of rotatable bonds is 3. The SMILES string of the molecule is Cc1nn(C)cc1CN1CCN(C(=O)c2ccc3c(c2)OCO3)CC1. The first-order valence-corrected chi connectivity index (χ1v) is 8.50. The molecule has 0 bridgehead atoms. The van der Waals surface area contributed by atoms with Crippen LogP contribution in [-0.4, -0.2) is 58.5 Å². The number of nitrogens with zero attached hydrogens (tertiary/aromatic N) is 4. The van der Waals surface area contributed by atoms with Crippen molar-refractivity contribution in [1.29, 1.82) is 0 Å². The summed E-state index contributed by atoms with van der Waals surface area (Å²) >= 11 is 0. The molecule has 1 amide bonds. The van der Waals surface area contributed by atoms with Gasteiger partial charge in [0.15, 0.2) is 11.5 Å². The molecule has 0 spiro atoms. The second-order valence-corrected chi connectivity index (χ2v) is 6.55. The van der Waals surface area contributed by atoms with Crippen LogP contribution in [0.25, 0.3) is 0 Å². The molecule has 1 saturated heterocycles. The van der Waals surface area contributed by atoms with Gasteiger partial charge in [-0.3, -0.25) is 14.4 Å². The molecule has 2 aromatic rings. The van der Waals surface area contributed by atoms with Crippen LogP contribution in [0, 0.1) is 6.92 Å². The molecule has 1 fully saturated rings. The van der Waals surface area contributed by atoms with Gasteiger partial charge in [0.25, 0.3) is 5.91 Å². The highest BCUT2D eigenvalue weighted by molar-refractivity contribution is 5.95. The van der Waals surface area contributed by atoms with E-state index in [4.69, 9.17) is 9.47 Å². The third-order valence-electron chi connectivity index (χ3n) is 4.79. The number of fused-ring (bicyclic) bond motifs is 1. The molecule has 0 unspecified atom stereocenters. The maximum Gasteiger partial charge on any atom is 0.254 e. The minimum Gasteiger partial charge on any atom is -0.454 e. The first-order valence-electron chi connectivity index (χ1n) is 8.50. The Labute approximate surface area is 146 Å². The highest BCUT2D eigenvalue weighted by Gasteiger charge is 2.24. The number of aryl methyl sites for hydroxylation is 2. The van der Waals surface area contributed by atoms with E-state index in [2.05, 4.69) is 16.2 Å². The van der Waals surface area contributed by atoms with E-state index in [1.165, 1.54) is 5.56 Å². The summed E-state index contributed by atoms with van der Waals surface area (Å²) < 4.78 is 12.5. The number of amides is 1. The van der Waals surface area contributed by atoms with E-state index in [1.54, 1.807) is 18.2 Å². The number of carbonyl (C=O) groups excluding carboxylic acids is 1. The van der Waals surface area contributed by atoms with Crippen molar-refractivity contribution in [3.63, 3.8) is 0 Å². The van der Waals surface area contributed by atoms with Crippen LogP contribution in [0.1, 0.15) is 21.6 Å². The molecule has 2 aliphatic rings. The van der Waals surface area contributed by atoms with Gasteiger partial charge in [0.2, 0.25) is 6.79 Å². The molecule has 1 aromatic heterocycles. The van der Waals surface area contributed by atoms with Gasteiger partial charge in [-0.15, -0.1) is 0 Å². The number of benzene rings is 1. The smallest absolute Gasteiger partial charge is 0.254 e. The molecule has 0 aliphatic carbocycles. The molecule has 132 valence electrons. The average molecular weight is 342 g/mol. The molecule has 0 saturated carbocycles. The van der Waals surface area contributed by atoms with Crippen LogP contribution in [0.4, 0.5) is 0 Å². The second kappa shape index (κ2) is 6.40. The molecule has 4 rings (SSSR count). The molecule has 7 nitrogen and oxygen atoms in total. The van der Waals surface area contributed by atoms with Crippen molar-refractivity contribution in [3.05, 3.63) is 41.2 Å². The minimum absolute atomic E-state index is 0.0514. The summed E-state index contributed by atoms with van der Waals surface area (Å²) in [6, 6.07) is 5.38. The van der Waals surface area contributed by atoms with Crippen molar-refractivity contribution in [1.82, 2.24) is 19.6 Å². The van der Waals surface area contributed by atoms with Gasteiger partial charge in [-0.2, -0.15) is 5.10 Å². The Balaban J connectivity index is 1.36. The maximum absolute atomic E-state index is 12.7. The lowest BCUT2D eigenvalue weighted by Gasteiger charge is -2.34. The van der Waals surface area contributed by atoms with Crippen molar-refractivity contribution in [2.45, 2.75) is 13.5 Å². The van der Waals surface area contributed by atoms with E-state index in [0.717, 1.165) is 38.4 Å². The van der Waals surface area contributed by atoms with E-state index < -0.39 is 0 Å². The summed E-state index contributed by atoms with van der Waals surface area (Å²) in [5, 5.41) is 4.39. The van der Waals surface area contributed by atoms with Crippen LogP contribution in [0.5, 0.6) is 11.5 Å². The van der Waals surface area contributed by atoms with Crippen LogP contribution < -0.4 is 9.47 Å². The van der Waals surface area contributed by atoms with Gasteiger partial charge < -0.3 is 14.4 Å². The molecule has 25 heavy (non-hydrogen) atoms. The monoisotopic (exact) mass is 342 g/mol. The lowest BCUT2D eigenvalue weighted by atomic mass is 10.1. The highest BCUT2D eigenvalue weighted by atomic mass is 16.7. The Morgan fingerprint density at radius 3 is 2.64 bits per heavy atom. The summed E-state index contributed by atoms with van der Waals surface area (Å²) in [5.41, 5.74) is 2.97. The summed E-state index contributed by atoms with van der Waals surface area (Å²) in [5.74, 6) is 1.40. The molecule has 0 N–H and O–H groups in total. The standard InChI is InChI=1S/C18H22N4O3/c1-13-15(10-20(2)19-13)11-21-5-7-22(8-6-21)18(23)14-3-4-16-17(9-14)25-12-24-16/h3-4,9-10H,5-8,11-12H2,1-2H3.